The molecule has 3 heteroatoms. The van der Waals surface area contributed by atoms with Crippen LogP contribution in [0.4, 0.5) is 0 Å². The molecule has 1 fully saturated rings. The SMILES string of the molecule is CC1CCBCC(C)(O)O1. The highest BCUT2D eigenvalue weighted by Gasteiger charge is 2.26. The summed E-state index contributed by atoms with van der Waals surface area (Å²) in [6.07, 6.45) is 3.25. The lowest BCUT2D eigenvalue weighted by molar-refractivity contribution is -0.198. The summed E-state index contributed by atoms with van der Waals surface area (Å²) in [5.41, 5.74) is 0. The predicted molar refractivity (Wildman–Crippen MR) is 42.6 cm³/mol. The van der Waals surface area contributed by atoms with Crippen molar-refractivity contribution in [1.82, 2.24) is 0 Å². The van der Waals surface area contributed by atoms with Gasteiger partial charge in [-0.25, -0.2) is 0 Å². The average molecular weight is 142 g/mol. The van der Waals surface area contributed by atoms with Gasteiger partial charge in [0.05, 0.1) is 6.10 Å². The summed E-state index contributed by atoms with van der Waals surface area (Å²) in [5, 5.41) is 9.50. The van der Waals surface area contributed by atoms with Gasteiger partial charge in [0.1, 0.15) is 7.28 Å². The van der Waals surface area contributed by atoms with Crippen LogP contribution >= 0.6 is 0 Å². The number of hydrogen-bond acceptors (Lipinski definition) is 2. The van der Waals surface area contributed by atoms with Crippen LogP contribution in [0.5, 0.6) is 0 Å². The van der Waals surface area contributed by atoms with Gasteiger partial charge in [-0.2, -0.15) is 0 Å². The zero-order chi connectivity index (χ0) is 7.61. The second kappa shape index (κ2) is 2.93. The zero-order valence-electron chi connectivity index (χ0n) is 6.76. The molecule has 1 heterocycles. The molecule has 1 saturated heterocycles. The van der Waals surface area contributed by atoms with Crippen LogP contribution in [-0.2, 0) is 4.74 Å². The van der Waals surface area contributed by atoms with Gasteiger partial charge in [0.25, 0.3) is 0 Å². The highest BCUT2D eigenvalue weighted by Crippen LogP contribution is 2.21. The quantitative estimate of drug-likeness (QED) is 0.506. The molecular weight excluding hydrogens is 127 g/mol. The van der Waals surface area contributed by atoms with Crippen molar-refractivity contribution in [2.45, 2.75) is 44.8 Å². The Bertz CT molecular complexity index is 114. The molecule has 2 nitrogen and oxygen atoms in total. The Morgan fingerprint density at radius 1 is 1.70 bits per heavy atom. The molecule has 1 rings (SSSR count). The van der Waals surface area contributed by atoms with Gasteiger partial charge in [-0.15, -0.1) is 0 Å². The summed E-state index contributed by atoms with van der Waals surface area (Å²) in [5.74, 6) is -0.865. The fourth-order valence-corrected chi connectivity index (χ4v) is 1.44. The molecule has 2 atom stereocenters. The van der Waals surface area contributed by atoms with Crippen molar-refractivity contribution >= 4 is 7.28 Å². The maximum absolute atomic E-state index is 9.50. The minimum atomic E-state index is -0.865. The molecule has 1 aliphatic heterocycles. The zero-order valence-corrected chi connectivity index (χ0v) is 6.76. The smallest absolute Gasteiger partial charge is 0.156 e. The van der Waals surface area contributed by atoms with E-state index in [4.69, 9.17) is 4.74 Å². The first kappa shape index (κ1) is 8.09. The monoisotopic (exact) mass is 142 g/mol. The van der Waals surface area contributed by atoms with E-state index >= 15 is 0 Å². The Kier molecular flexibility index (Phi) is 2.37. The molecule has 0 aromatic heterocycles. The lowest BCUT2D eigenvalue weighted by atomic mass is 9.68. The third-order valence-corrected chi connectivity index (χ3v) is 1.96. The van der Waals surface area contributed by atoms with Gasteiger partial charge in [0, 0.05) is 0 Å². The first-order valence-corrected chi connectivity index (χ1v) is 4.00. The van der Waals surface area contributed by atoms with Gasteiger partial charge < -0.3 is 9.84 Å². The van der Waals surface area contributed by atoms with Crippen LogP contribution in [0.1, 0.15) is 20.3 Å². The minimum absolute atomic E-state index is 0.220. The van der Waals surface area contributed by atoms with Crippen LogP contribution in [-0.4, -0.2) is 24.3 Å². The molecule has 2 unspecified atom stereocenters. The molecule has 10 heavy (non-hydrogen) atoms. The summed E-state index contributed by atoms with van der Waals surface area (Å²) in [4.78, 5) is 0. The Hall–Kier alpha value is -0.0151. The fourth-order valence-electron chi connectivity index (χ4n) is 1.44. The number of hydrogen-bond donors (Lipinski definition) is 1. The second-order valence-corrected chi connectivity index (χ2v) is 3.35. The van der Waals surface area contributed by atoms with Crippen LogP contribution in [0.2, 0.25) is 12.6 Å². The molecule has 1 N–H and O–H groups in total. The molecule has 58 valence electrons. The van der Waals surface area contributed by atoms with Gasteiger partial charge in [0.15, 0.2) is 5.79 Å². The highest BCUT2D eigenvalue weighted by molar-refractivity contribution is 6.35. The Labute approximate surface area is 62.8 Å². The standard InChI is InChI=1S/C7H15BO2/c1-6-3-4-8-5-7(2,9)10-6/h6,8-9H,3-5H2,1-2H3. The van der Waals surface area contributed by atoms with E-state index in [9.17, 15) is 5.11 Å². The fraction of sp³-hybridized carbons (Fsp3) is 1.00. The van der Waals surface area contributed by atoms with E-state index < -0.39 is 5.79 Å². The average Bonchev–Trinajstić information content (AvgIpc) is 1.90. The molecule has 0 aromatic rings. The summed E-state index contributed by atoms with van der Waals surface area (Å²) < 4.78 is 5.35. The molecular formula is C7H15BO2. The Morgan fingerprint density at radius 3 is 3.10 bits per heavy atom. The molecule has 0 saturated carbocycles. The molecule has 0 amide bonds. The lowest BCUT2D eigenvalue weighted by Gasteiger charge is -2.24. The van der Waals surface area contributed by atoms with Crippen molar-refractivity contribution in [2.24, 2.45) is 0 Å². The molecule has 0 aliphatic carbocycles. The van der Waals surface area contributed by atoms with E-state index in [0.29, 0.717) is 0 Å². The van der Waals surface area contributed by atoms with E-state index in [0.717, 1.165) is 20.0 Å². The largest absolute Gasteiger partial charge is 0.366 e. The van der Waals surface area contributed by atoms with E-state index in [1.165, 1.54) is 6.32 Å². The van der Waals surface area contributed by atoms with Crippen LogP contribution in [0, 0.1) is 0 Å². The molecule has 0 bridgehead atoms. The number of rotatable bonds is 0. The van der Waals surface area contributed by atoms with Crippen molar-refractivity contribution < 1.29 is 9.84 Å². The van der Waals surface area contributed by atoms with Crippen molar-refractivity contribution in [2.75, 3.05) is 0 Å². The molecule has 0 radical (unpaired) electrons. The van der Waals surface area contributed by atoms with Crippen molar-refractivity contribution in [1.29, 1.82) is 0 Å². The van der Waals surface area contributed by atoms with E-state index in [-0.39, 0.29) is 6.10 Å². The van der Waals surface area contributed by atoms with Gasteiger partial charge >= 0.3 is 0 Å². The first-order valence-electron chi connectivity index (χ1n) is 4.00. The highest BCUT2D eigenvalue weighted by atomic mass is 16.6. The molecule has 1 aliphatic rings. The van der Waals surface area contributed by atoms with Gasteiger partial charge in [-0.3, -0.25) is 0 Å². The summed E-state index contributed by atoms with van der Waals surface area (Å²) >= 11 is 0. The van der Waals surface area contributed by atoms with Crippen molar-refractivity contribution in [3.63, 3.8) is 0 Å². The second-order valence-electron chi connectivity index (χ2n) is 3.35. The summed E-state index contributed by atoms with van der Waals surface area (Å²) in [6, 6.07) is 0. The van der Waals surface area contributed by atoms with E-state index in [1.54, 1.807) is 6.92 Å². The van der Waals surface area contributed by atoms with Crippen LogP contribution in [0.15, 0.2) is 0 Å². The first-order chi connectivity index (χ1) is 4.60. The van der Waals surface area contributed by atoms with E-state index in [1.807, 2.05) is 6.92 Å². The van der Waals surface area contributed by atoms with Gasteiger partial charge in [0.2, 0.25) is 0 Å². The summed E-state index contributed by atoms with van der Waals surface area (Å²) in [6.45, 7) is 3.76. The maximum Gasteiger partial charge on any atom is 0.156 e. The topological polar surface area (TPSA) is 29.5 Å². The van der Waals surface area contributed by atoms with Crippen molar-refractivity contribution in [3.8, 4) is 0 Å². The van der Waals surface area contributed by atoms with Crippen LogP contribution in [0.3, 0.4) is 0 Å². The predicted octanol–water partition coefficient (Wildman–Crippen LogP) is 0.777. The number of ether oxygens (including phenoxy) is 1. The van der Waals surface area contributed by atoms with Crippen LogP contribution in [0.25, 0.3) is 0 Å². The van der Waals surface area contributed by atoms with E-state index in [2.05, 4.69) is 0 Å². The lowest BCUT2D eigenvalue weighted by Crippen LogP contribution is -2.30. The Balaban J connectivity index is 2.46. The summed E-state index contributed by atoms with van der Waals surface area (Å²) in [7, 11) is 1.08. The third-order valence-electron chi connectivity index (χ3n) is 1.96. The van der Waals surface area contributed by atoms with Crippen LogP contribution < -0.4 is 0 Å². The normalized spacial score (nSPS) is 42.1. The third kappa shape index (κ3) is 2.31. The van der Waals surface area contributed by atoms with Gasteiger partial charge in [-0.1, -0.05) is 6.32 Å². The van der Waals surface area contributed by atoms with Gasteiger partial charge in [-0.05, 0) is 26.6 Å². The number of aliphatic hydroxyl groups is 1. The molecule has 0 spiro atoms. The minimum Gasteiger partial charge on any atom is -0.366 e. The Morgan fingerprint density at radius 2 is 2.40 bits per heavy atom. The maximum atomic E-state index is 9.50. The van der Waals surface area contributed by atoms with Crippen molar-refractivity contribution in [3.05, 3.63) is 0 Å². The molecule has 0 aromatic carbocycles.